The van der Waals surface area contributed by atoms with E-state index in [1.54, 1.807) is 25.2 Å². The summed E-state index contributed by atoms with van der Waals surface area (Å²) in [5, 5.41) is 21.7. The molecule has 0 radical (unpaired) electrons. The summed E-state index contributed by atoms with van der Waals surface area (Å²) >= 11 is 1.68. The van der Waals surface area contributed by atoms with E-state index < -0.39 is 5.56 Å². The molecule has 3 heterocycles. The molecule has 0 unspecified atom stereocenters. The SMILES string of the molecule is CCn1c(C)nc(N2CCc3nc(C)sc3CC2)c(N([O-])O)c1=O. The lowest BCUT2D eigenvalue weighted by molar-refractivity contribution is 0.294. The second-order valence-corrected chi connectivity index (χ2v) is 7.03. The third kappa shape index (κ3) is 2.90. The number of rotatable bonds is 3. The van der Waals surface area contributed by atoms with Crippen molar-refractivity contribution in [2.75, 3.05) is 23.2 Å². The first kappa shape index (κ1) is 16.9. The van der Waals surface area contributed by atoms with Gasteiger partial charge in [0.2, 0.25) is 0 Å². The summed E-state index contributed by atoms with van der Waals surface area (Å²) in [4.78, 5) is 24.6. The molecular weight excluding hydrogens is 330 g/mol. The Morgan fingerprint density at radius 1 is 1.29 bits per heavy atom. The molecule has 0 saturated carbocycles. The van der Waals surface area contributed by atoms with Gasteiger partial charge in [0, 0.05) is 37.4 Å². The van der Waals surface area contributed by atoms with E-state index in [4.69, 9.17) is 0 Å². The molecule has 24 heavy (non-hydrogen) atoms. The van der Waals surface area contributed by atoms with Crippen LogP contribution in [0.4, 0.5) is 11.5 Å². The van der Waals surface area contributed by atoms with E-state index in [0.717, 1.165) is 23.5 Å². The van der Waals surface area contributed by atoms with E-state index >= 15 is 0 Å². The van der Waals surface area contributed by atoms with E-state index in [1.165, 1.54) is 9.44 Å². The van der Waals surface area contributed by atoms with E-state index in [0.29, 0.717) is 25.5 Å². The van der Waals surface area contributed by atoms with Crippen molar-refractivity contribution in [3.8, 4) is 0 Å². The van der Waals surface area contributed by atoms with Gasteiger partial charge in [-0.2, -0.15) is 0 Å². The van der Waals surface area contributed by atoms with Gasteiger partial charge in [0.15, 0.2) is 11.5 Å². The Morgan fingerprint density at radius 3 is 2.67 bits per heavy atom. The van der Waals surface area contributed by atoms with Crippen LogP contribution in [-0.2, 0) is 19.4 Å². The Bertz CT molecular complexity index is 789. The highest BCUT2D eigenvalue weighted by molar-refractivity contribution is 7.11. The van der Waals surface area contributed by atoms with Crippen LogP contribution in [0.3, 0.4) is 0 Å². The molecule has 0 spiro atoms. The van der Waals surface area contributed by atoms with Crippen molar-refractivity contribution < 1.29 is 5.21 Å². The van der Waals surface area contributed by atoms with Crippen LogP contribution in [0.2, 0.25) is 0 Å². The highest BCUT2D eigenvalue weighted by Gasteiger charge is 2.24. The van der Waals surface area contributed by atoms with E-state index in [1.807, 2.05) is 11.8 Å². The van der Waals surface area contributed by atoms with Gasteiger partial charge >= 0.3 is 0 Å². The molecule has 3 rings (SSSR count). The normalized spacial score (nSPS) is 14.5. The average molecular weight is 350 g/mol. The van der Waals surface area contributed by atoms with Gasteiger partial charge < -0.3 is 15.3 Å². The summed E-state index contributed by atoms with van der Waals surface area (Å²) in [5.41, 5.74) is 0.227. The molecule has 0 saturated heterocycles. The van der Waals surface area contributed by atoms with Crippen molar-refractivity contribution in [1.82, 2.24) is 14.5 Å². The van der Waals surface area contributed by atoms with Gasteiger partial charge in [0.1, 0.15) is 5.82 Å². The highest BCUT2D eigenvalue weighted by Crippen LogP contribution is 2.28. The first-order valence-electron chi connectivity index (χ1n) is 7.90. The number of aryl methyl sites for hydroxylation is 2. The Labute approximate surface area is 143 Å². The lowest BCUT2D eigenvalue weighted by Gasteiger charge is -2.30. The Balaban J connectivity index is 2.00. The zero-order valence-electron chi connectivity index (χ0n) is 13.9. The minimum atomic E-state index is -0.523. The largest absolute Gasteiger partial charge is 0.733 e. The number of aromatic nitrogens is 3. The van der Waals surface area contributed by atoms with Gasteiger partial charge in [-0.1, -0.05) is 0 Å². The summed E-state index contributed by atoms with van der Waals surface area (Å²) in [6.45, 7) is 7.12. The smallest absolute Gasteiger partial charge is 0.280 e. The summed E-state index contributed by atoms with van der Waals surface area (Å²) in [7, 11) is 0. The van der Waals surface area contributed by atoms with Crippen LogP contribution >= 0.6 is 11.3 Å². The summed E-state index contributed by atoms with van der Waals surface area (Å²) in [6, 6.07) is 0. The Kier molecular flexibility index (Phi) is 4.57. The van der Waals surface area contributed by atoms with E-state index in [-0.39, 0.29) is 16.7 Å². The van der Waals surface area contributed by atoms with E-state index in [2.05, 4.69) is 9.97 Å². The van der Waals surface area contributed by atoms with Crippen LogP contribution in [0, 0.1) is 19.1 Å². The minimum absolute atomic E-state index is 0.242. The van der Waals surface area contributed by atoms with Crippen molar-refractivity contribution in [2.45, 2.75) is 40.2 Å². The molecule has 0 amide bonds. The molecule has 2 aromatic rings. The molecule has 0 atom stereocenters. The van der Waals surface area contributed by atoms with Gasteiger partial charge in [0.05, 0.1) is 10.7 Å². The summed E-state index contributed by atoms with van der Waals surface area (Å²) < 4.78 is 1.37. The highest BCUT2D eigenvalue weighted by atomic mass is 32.1. The molecule has 1 aliphatic heterocycles. The van der Waals surface area contributed by atoms with Gasteiger partial charge in [-0.15, -0.1) is 11.3 Å². The molecule has 0 fully saturated rings. The molecule has 0 aliphatic carbocycles. The molecule has 0 bridgehead atoms. The van der Waals surface area contributed by atoms with Crippen molar-refractivity contribution >= 4 is 22.8 Å². The molecule has 1 aliphatic rings. The van der Waals surface area contributed by atoms with Crippen molar-refractivity contribution in [3.63, 3.8) is 0 Å². The second kappa shape index (κ2) is 6.50. The fourth-order valence-electron chi connectivity index (χ4n) is 3.10. The van der Waals surface area contributed by atoms with Gasteiger partial charge in [-0.25, -0.2) is 9.97 Å². The predicted molar refractivity (Wildman–Crippen MR) is 93.0 cm³/mol. The van der Waals surface area contributed by atoms with Gasteiger partial charge in [-0.3, -0.25) is 14.6 Å². The molecular formula is C15H20N5O3S-. The molecule has 2 aromatic heterocycles. The minimum Gasteiger partial charge on any atom is -0.733 e. The fraction of sp³-hybridized carbons (Fsp3) is 0.533. The quantitative estimate of drug-likeness (QED) is 0.840. The van der Waals surface area contributed by atoms with Gasteiger partial charge in [0.25, 0.3) is 5.56 Å². The van der Waals surface area contributed by atoms with Crippen LogP contribution in [0.1, 0.15) is 28.3 Å². The first-order chi connectivity index (χ1) is 11.4. The molecule has 0 aromatic carbocycles. The maximum absolute atomic E-state index is 12.5. The molecule has 9 heteroatoms. The van der Waals surface area contributed by atoms with Crippen LogP contribution < -0.4 is 15.7 Å². The van der Waals surface area contributed by atoms with Crippen molar-refractivity contribution in [3.05, 3.63) is 37.0 Å². The number of fused-ring (bicyclic) bond motifs is 1. The first-order valence-corrected chi connectivity index (χ1v) is 8.71. The number of thiazole rings is 1. The lowest BCUT2D eigenvalue weighted by Crippen LogP contribution is -2.35. The third-order valence-corrected chi connectivity index (χ3v) is 5.31. The molecule has 8 nitrogen and oxygen atoms in total. The number of nitrogens with zero attached hydrogens (tertiary/aromatic N) is 5. The van der Waals surface area contributed by atoms with Crippen LogP contribution in [0.5, 0.6) is 0 Å². The number of hydrogen-bond acceptors (Lipinski definition) is 8. The monoisotopic (exact) mass is 350 g/mol. The van der Waals surface area contributed by atoms with Gasteiger partial charge in [-0.05, 0) is 20.8 Å². The summed E-state index contributed by atoms with van der Waals surface area (Å²) in [6.07, 6.45) is 1.50. The topological polar surface area (TPSA) is 97.6 Å². The number of anilines is 2. The zero-order valence-corrected chi connectivity index (χ0v) is 14.8. The van der Waals surface area contributed by atoms with Crippen LogP contribution in [0.25, 0.3) is 0 Å². The summed E-state index contributed by atoms with van der Waals surface area (Å²) in [5.74, 6) is 0.766. The van der Waals surface area contributed by atoms with Crippen molar-refractivity contribution in [1.29, 1.82) is 0 Å². The molecule has 130 valence electrons. The third-order valence-electron chi connectivity index (χ3n) is 4.24. The maximum atomic E-state index is 12.5. The number of hydrogen-bond donors (Lipinski definition) is 1. The Hall–Kier alpha value is -1.97. The molecule has 1 N–H and O–H groups in total. The lowest BCUT2D eigenvalue weighted by atomic mass is 10.2. The van der Waals surface area contributed by atoms with Crippen LogP contribution in [0.15, 0.2) is 4.79 Å². The Morgan fingerprint density at radius 2 is 2.00 bits per heavy atom. The van der Waals surface area contributed by atoms with Crippen LogP contribution in [-0.4, -0.2) is 32.8 Å². The predicted octanol–water partition coefficient (Wildman–Crippen LogP) is 1.64. The second-order valence-electron chi connectivity index (χ2n) is 5.74. The fourth-order valence-corrected chi connectivity index (χ4v) is 4.07. The van der Waals surface area contributed by atoms with Crippen molar-refractivity contribution in [2.24, 2.45) is 0 Å². The maximum Gasteiger partial charge on any atom is 0.280 e. The van der Waals surface area contributed by atoms with E-state index in [9.17, 15) is 15.2 Å². The average Bonchev–Trinajstić information content (AvgIpc) is 2.75. The zero-order chi connectivity index (χ0) is 17.4. The standard InChI is InChI=1S/C15H20N5O3S/c1-4-19-9(2)16-14(13(15(19)21)20(22)23)18-7-5-11-12(6-8-18)24-10(3)17-11/h22H,4-8H2,1-3H3/q-1.